The number of fused-ring (bicyclic) bond motifs is 2. The maximum Gasteiger partial charge on any atom is 0.343 e. The highest BCUT2D eigenvalue weighted by Crippen LogP contribution is 2.42. The number of nitrogens with zero attached hydrogens (tertiary/aromatic N) is 2. The van der Waals surface area contributed by atoms with Crippen LogP contribution in [0.15, 0.2) is 11.0 Å². The minimum atomic E-state index is -0.737. The second-order valence-corrected chi connectivity index (χ2v) is 7.08. The molecule has 3 aliphatic rings. The van der Waals surface area contributed by atoms with Crippen molar-refractivity contribution in [2.75, 3.05) is 20.8 Å². The Morgan fingerprint density at radius 3 is 2.73 bits per heavy atom. The maximum atomic E-state index is 13.2. The summed E-state index contributed by atoms with van der Waals surface area (Å²) in [6, 6.07) is -0.162. The SMILES string of the molecule is COC(=O)c1cn2c(c(OC)c1=O)C(=O)N1C[C@H](C)OC3CCCC2C31. The minimum absolute atomic E-state index is 0.0402. The molecule has 2 aliphatic heterocycles. The number of hydrogen-bond acceptors (Lipinski definition) is 6. The van der Waals surface area contributed by atoms with Crippen LogP contribution < -0.4 is 10.2 Å². The van der Waals surface area contributed by atoms with Gasteiger partial charge in [-0.2, -0.15) is 0 Å². The van der Waals surface area contributed by atoms with Crippen LogP contribution in [0.4, 0.5) is 0 Å². The number of amides is 1. The van der Waals surface area contributed by atoms with E-state index >= 15 is 0 Å². The van der Waals surface area contributed by atoms with Gasteiger partial charge in [-0.05, 0) is 26.2 Å². The average Bonchev–Trinajstić information content (AvgIpc) is 2.64. The standard InChI is InChI=1S/C18H22N2O6/c1-9-7-20-13-11(5-4-6-12(13)26-9)19-8-10(18(23)25-3)15(21)16(24-2)14(19)17(20)22/h8-9,11-13H,4-7H2,1-3H3/t9-,11?,12?,13?/m0/s1. The third-order valence-electron chi connectivity index (χ3n) is 5.61. The normalized spacial score (nSPS) is 29.7. The lowest BCUT2D eigenvalue weighted by Gasteiger charge is -2.53. The van der Waals surface area contributed by atoms with Crippen molar-refractivity contribution in [3.8, 4) is 5.75 Å². The molecule has 26 heavy (non-hydrogen) atoms. The number of hydrogen-bond donors (Lipinski definition) is 0. The van der Waals surface area contributed by atoms with Crippen LogP contribution in [0.2, 0.25) is 0 Å². The van der Waals surface area contributed by atoms with E-state index in [1.165, 1.54) is 20.4 Å². The summed E-state index contributed by atoms with van der Waals surface area (Å²) < 4.78 is 17.8. The first-order valence-corrected chi connectivity index (χ1v) is 8.85. The van der Waals surface area contributed by atoms with E-state index in [1.54, 1.807) is 4.57 Å². The van der Waals surface area contributed by atoms with E-state index < -0.39 is 11.4 Å². The van der Waals surface area contributed by atoms with E-state index in [0.29, 0.717) is 6.54 Å². The van der Waals surface area contributed by atoms with Gasteiger partial charge in [0.2, 0.25) is 5.43 Å². The molecule has 8 nitrogen and oxygen atoms in total. The first kappa shape index (κ1) is 17.1. The van der Waals surface area contributed by atoms with Crippen molar-refractivity contribution in [1.29, 1.82) is 0 Å². The molecule has 0 radical (unpaired) electrons. The van der Waals surface area contributed by atoms with Crippen molar-refractivity contribution in [3.63, 3.8) is 0 Å². The first-order chi connectivity index (χ1) is 12.5. The van der Waals surface area contributed by atoms with Gasteiger partial charge in [0.05, 0.1) is 38.5 Å². The second-order valence-electron chi connectivity index (χ2n) is 7.08. The highest BCUT2D eigenvalue weighted by atomic mass is 16.5. The zero-order chi connectivity index (χ0) is 18.6. The molecule has 2 fully saturated rings. The third kappa shape index (κ3) is 2.28. The number of methoxy groups -OCH3 is 2. The molecule has 1 saturated carbocycles. The monoisotopic (exact) mass is 362 g/mol. The van der Waals surface area contributed by atoms with Crippen LogP contribution >= 0.6 is 0 Å². The van der Waals surface area contributed by atoms with Gasteiger partial charge in [-0.3, -0.25) is 9.59 Å². The van der Waals surface area contributed by atoms with Crippen LogP contribution in [0.5, 0.6) is 5.75 Å². The molecule has 1 aromatic heterocycles. The summed E-state index contributed by atoms with van der Waals surface area (Å²) in [5, 5.41) is 0. The van der Waals surface area contributed by atoms with Gasteiger partial charge in [-0.1, -0.05) is 0 Å². The van der Waals surface area contributed by atoms with Crippen molar-refractivity contribution < 1.29 is 23.8 Å². The molecule has 1 aromatic rings. The number of esters is 1. The van der Waals surface area contributed by atoms with Crippen molar-refractivity contribution in [2.24, 2.45) is 0 Å². The largest absolute Gasteiger partial charge is 0.491 e. The van der Waals surface area contributed by atoms with Crippen molar-refractivity contribution in [2.45, 2.75) is 50.5 Å². The van der Waals surface area contributed by atoms with E-state index in [0.717, 1.165) is 19.3 Å². The Bertz CT molecular complexity index is 832. The zero-order valence-electron chi connectivity index (χ0n) is 15.1. The number of morpholine rings is 1. The van der Waals surface area contributed by atoms with Gasteiger partial charge in [0.25, 0.3) is 5.91 Å². The lowest BCUT2D eigenvalue weighted by molar-refractivity contribution is -0.132. The molecule has 0 bridgehead atoms. The van der Waals surface area contributed by atoms with Gasteiger partial charge < -0.3 is 23.7 Å². The number of carbonyl (C=O) groups is 2. The Morgan fingerprint density at radius 1 is 1.27 bits per heavy atom. The molecule has 1 saturated heterocycles. The lowest BCUT2D eigenvalue weighted by atomic mass is 9.82. The quantitative estimate of drug-likeness (QED) is 0.729. The van der Waals surface area contributed by atoms with Gasteiger partial charge in [0, 0.05) is 12.7 Å². The molecular formula is C18H22N2O6. The first-order valence-electron chi connectivity index (χ1n) is 8.85. The highest BCUT2D eigenvalue weighted by molar-refractivity contribution is 5.98. The summed E-state index contributed by atoms with van der Waals surface area (Å²) in [5.41, 5.74) is -0.534. The summed E-state index contributed by atoms with van der Waals surface area (Å²) in [6.45, 7) is 2.43. The van der Waals surface area contributed by atoms with Crippen LogP contribution in [0.25, 0.3) is 0 Å². The molecule has 1 amide bonds. The Kier molecular flexibility index (Phi) is 4.02. The van der Waals surface area contributed by atoms with Crippen LogP contribution in [-0.2, 0) is 9.47 Å². The molecule has 8 heteroatoms. The van der Waals surface area contributed by atoms with E-state index in [-0.39, 0.29) is 47.2 Å². The molecule has 4 rings (SSSR count). The average molecular weight is 362 g/mol. The molecular weight excluding hydrogens is 340 g/mol. The Hall–Kier alpha value is -2.35. The second kappa shape index (κ2) is 6.12. The smallest absolute Gasteiger partial charge is 0.343 e. The molecule has 4 atom stereocenters. The fourth-order valence-electron chi connectivity index (χ4n) is 4.60. The van der Waals surface area contributed by atoms with Crippen molar-refractivity contribution >= 4 is 11.9 Å². The van der Waals surface area contributed by atoms with E-state index in [4.69, 9.17) is 14.2 Å². The summed E-state index contributed by atoms with van der Waals surface area (Å²) in [4.78, 5) is 39.8. The van der Waals surface area contributed by atoms with Gasteiger partial charge in [-0.15, -0.1) is 0 Å². The fourth-order valence-corrected chi connectivity index (χ4v) is 4.60. The van der Waals surface area contributed by atoms with E-state index in [1.807, 2.05) is 11.8 Å². The molecule has 3 unspecified atom stereocenters. The number of rotatable bonds is 2. The Labute approximate surface area is 150 Å². The summed E-state index contributed by atoms with van der Waals surface area (Å²) in [6.07, 6.45) is 4.03. The summed E-state index contributed by atoms with van der Waals surface area (Å²) in [7, 11) is 2.56. The van der Waals surface area contributed by atoms with Crippen LogP contribution in [-0.4, -0.2) is 60.4 Å². The van der Waals surface area contributed by atoms with E-state index in [9.17, 15) is 14.4 Å². The molecule has 1 aliphatic carbocycles. The lowest BCUT2D eigenvalue weighted by Crippen LogP contribution is -2.64. The highest BCUT2D eigenvalue weighted by Gasteiger charge is 2.50. The van der Waals surface area contributed by atoms with Crippen molar-refractivity contribution in [3.05, 3.63) is 27.7 Å². The Balaban J connectivity index is 1.95. The van der Waals surface area contributed by atoms with Gasteiger partial charge in [0.15, 0.2) is 11.4 Å². The Morgan fingerprint density at radius 2 is 2.04 bits per heavy atom. The minimum Gasteiger partial charge on any atom is -0.491 e. The number of ether oxygens (including phenoxy) is 3. The fraction of sp³-hybridized carbons (Fsp3) is 0.611. The predicted octanol–water partition coefficient (Wildman–Crippen LogP) is 0.980. The van der Waals surface area contributed by atoms with Crippen molar-refractivity contribution in [1.82, 2.24) is 9.47 Å². The third-order valence-corrected chi connectivity index (χ3v) is 5.61. The van der Waals surface area contributed by atoms with Crippen LogP contribution in [0, 0.1) is 0 Å². The van der Waals surface area contributed by atoms with Gasteiger partial charge >= 0.3 is 5.97 Å². The number of carbonyl (C=O) groups excluding carboxylic acids is 2. The van der Waals surface area contributed by atoms with Crippen LogP contribution in [0.3, 0.4) is 0 Å². The predicted molar refractivity (Wildman–Crippen MR) is 90.6 cm³/mol. The van der Waals surface area contributed by atoms with Gasteiger partial charge in [0.1, 0.15) is 5.56 Å². The summed E-state index contributed by atoms with van der Waals surface area (Å²) in [5.74, 6) is -1.09. The zero-order valence-corrected chi connectivity index (χ0v) is 15.1. The molecule has 0 spiro atoms. The topological polar surface area (TPSA) is 87.1 Å². The number of pyridine rings is 1. The van der Waals surface area contributed by atoms with Crippen LogP contribution in [0.1, 0.15) is 53.1 Å². The van der Waals surface area contributed by atoms with Gasteiger partial charge in [-0.25, -0.2) is 4.79 Å². The maximum absolute atomic E-state index is 13.2. The molecule has 0 N–H and O–H groups in total. The molecule has 140 valence electrons. The molecule has 0 aromatic carbocycles. The molecule has 3 heterocycles. The number of aromatic nitrogens is 1. The van der Waals surface area contributed by atoms with E-state index in [2.05, 4.69) is 0 Å². The summed E-state index contributed by atoms with van der Waals surface area (Å²) >= 11 is 0.